The second kappa shape index (κ2) is 5.51. The molecular formula is C16H17N5O2. The van der Waals surface area contributed by atoms with Crippen LogP contribution < -0.4 is 5.32 Å². The molecule has 0 radical (unpaired) electrons. The van der Waals surface area contributed by atoms with Crippen molar-refractivity contribution in [3.63, 3.8) is 0 Å². The lowest BCUT2D eigenvalue weighted by Gasteiger charge is -2.19. The molecule has 0 saturated carbocycles. The molecule has 2 N–H and O–H groups in total. The van der Waals surface area contributed by atoms with Gasteiger partial charge >= 0.3 is 0 Å². The Morgan fingerprint density at radius 3 is 3.17 bits per heavy atom. The lowest BCUT2D eigenvalue weighted by molar-refractivity contribution is 0.0779. The summed E-state index contributed by atoms with van der Waals surface area (Å²) in [5.41, 5.74) is 2.30. The Morgan fingerprint density at radius 1 is 1.43 bits per heavy atom. The smallest absolute Gasteiger partial charge is 0.251 e. The molecular weight excluding hydrogens is 294 g/mol. The average Bonchev–Trinajstić information content (AvgIpc) is 3.26. The predicted octanol–water partition coefficient (Wildman–Crippen LogP) is 1.56. The molecule has 0 aliphatic carbocycles. The van der Waals surface area contributed by atoms with Gasteiger partial charge in [-0.1, -0.05) is 0 Å². The van der Waals surface area contributed by atoms with Crippen molar-refractivity contribution in [2.24, 2.45) is 7.05 Å². The summed E-state index contributed by atoms with van der Waals surface area (Å²) in [5.74, 6) is 0.716. The van der Waals surface area contributed by atoms with Crippen molar-refractivity contribution in [2.45, 2.75) is 18.6 Å². The molecule has 1 aliphatic heterocycles. The Bertz CT molecular complexity index is 853. The third-order valence-corrected chi connectivity index (χ3v) is 4.20. The maximum absolute atomic E-state index is 12.5. The fraction of sp³-hybridized carbons (Fsp3) is 0.312. The van der Waals surface area contributed by atoms with Gasteiger partial charge in [-0.3, -0.25) is 4.79 Å². The summed E-state index contributed by atoms with van der Waals surface area (Å²) in [6.07, 6.45) is 5.79. The van der Waals surface area contributed by atoms with Crippen LogP contribution in [0.3, 0.4) is 0 Å². The minimum atomic E-state index is -0.213. The van der Waals surface area contributed by atoms with Crippen LogP contribution >= 0.6 is 0 Å². The second-order valence-electron chi connectivity index (χ2n) is 5.69. The lowest BCUT2D eigenvalue weighted by Crippen LogP contribution is -2.37. The van der Waals surface area contributed by atoms with Crippen LogP contribution in [-0.4, -0.2) is 38.1 Å². The first-order valence-electron chi connectivity index (χ1n) is 7.55. The molecule has 3 aromatic rings. The fourth-order valence-corrected chi connectivity index (χ4v) is 2.97. The van der Waals surface area contributed by atoms with Gasteiger partial charge in [-0.2, -0.15) is 0 Å². The molecule has 118 valence electrons. The molecule has 2 aromatic heterocycles. The van der Waals surface area contributed by atoms with E-state index in [1.807, 2.05) is 29.9 Å². The van der Waals surface area contributed by atoms with Crippen LogP contribution in [0, 0.1) is 0 Å². The molecule has 3 heterocycles. The van der Waals surface area contributed by atoms with Gasteiger partial charge in [0.25, 0.3) is 5.91 Å². The molecule has 23 heavy (non-hydrogen) atoms. The van der Waals surface area contributed by atoms with Crippen LogP contribution in [0.15, 0.2) is 36.9 Å². The molecule has 1 saturated heterocycles. The summed E-state index contributed by atoms with van der Waals surface area (Å²) >= 11 is 0. The van der Waals surface area contributed by atoms with Crippen LogP contribution in [0.5, 0.6) is 0 Å². The number of hydrogen-bond donors (Lipinski definition) is 2. The second-order valence-corrected chi connectivity index (χ2v) is 5.69. The molecule has 7 nitrogen and oxygen atoms in total. The molecule has 1 amide bonds. The molecule has 4 rings (SSSR count). The van der Waals surface area contributed by atoms with Crippen LogP contribution in [-0.2, 0) is 11.8 Å². The topological polar surface area (TPSA) is 84.8 Å². The number of ether oxygens (including phenoxy) is 1. The number of aromatic amines is 1. The zero-order chi connectivity index (χ0) is 15.8. The number of aromatic nitrogens is 4. The molecule has 0 bridgehead atoms. The monoisotopic (exact) mass is 311 g/mol. The first kappa shape index (κ1) is 14.0. The van der Waals surface area contributed by atoms with E-state index < -0.39 is 0 Å². The molecule has 1 aliphatic rings. The van der Waals surface area contributed by atoms with Crippen molar-refractivity contribution in [2.75, 3.05) is 6.61 Å². The van der Waals surface area contributed by atoms with E-state index in [0.29, 0.717) is 12.2 Å². The lowest BCUT2D eigenvalue weighted by atomic mass is 10.1. The fourth-order valence-electron chi connectivity index (χ4n) is 2.97. The van der Waals surface area contributed by atoms with Crippen LogP contribution in [0.1, 0.15) is 28.7 Å². The standard InChI is InChI=1S/C16H17N5O2/c1-21-6-5-17-15(21)14-12(4-7-23-14)20-16(22)10-2-3-11-13(8-10)19-9-18-11/h2-3,5-6,8-9,12,14H,4,7H2,1H3,(H,18,19)(H,20,22)/t12-,14-/m0/s1. The molecule has 0 spiro atoms. The van der Waals surface area contributed by atoms with Crippen LogP contribution in [0.25, 0.3) is 11.0 Å². The van der Waals surface area contributed by atoms with E-state index in [0.717, 1.165) is 23.3 Å². The molecule has 1 aromatic carbocycles. The number of H-pyrrole nitrogens is 1. The Balaban J connectivity index is 1.54. The molecule has 2 atom stereocenters. The van der Waals surface area contributed by atoms with Gasteiger partial charge in [-0.15, -0.1) is 0 Å². The summed E-state index contributed by atoms with van der Waals surface area (Å²) in [6.45, 7) is 0.613. The first-order valence-corrected chi connectivity index (χ1v) is 7.55. The van der Waals surface area contributed by atoms with Gasteiger partial charge < -0.3 is 19.6 Å². The number of carbonyl (C=O) groups excluding carboxylic acids is 1. The quantitative estimate of drug-likeness (QED) is 0.768. The number of hydrogen-bond acceptors (Lipinski definition) is 4. The summed E-state index contributed by atoms with van der Waals surface area (Å²) in [6, 6.07) is 5.34. The summed E-state index contributed by atoms with van der Waals surface area (Å²) in [5, 5.41) is 3.07. The van der Waals surface area contributed by atoms with Gasteiger partial charge in [0.05, 0.1) is 23.4 Å². The number of rotatable bonds is 3. The number of imidazole rings is 2. The van der Waals surface area contributed by atoms with Crippen molar-refractivity contribution < 1.29 is 9.53 Å². The maximum atomic E-state index is 12.5. The number of benzene rings is 1. The van der Waals surface area contributed by atoms with E-state index in [-0.39, 0.29) is 18.1 Å². The van der Waals surface area contributed by atoms with Crippen LogP contribution in [0.2, 0.25) is 0 Å². The largest absolute Gasteiger partial charge is 0.368 e. The molecule has 0 unspecified atom stereocenters. The highest BCUT2D eigenvalue weighted by Gasteiger charge is 2.33. The van der Waals surface area contributed by atoms with Gasteiger partial charge in [-0.25, -0.2) is 9.97 Å². The van der Waals surface area contributed by atoms with Crippen molar-refractivity contribution in [1.29, 1.82) is 0 Å². The maximum Gasteiger partial charge on any atom is 0.251 e. The highest BCUT2D eigenvalue weighted by atomic mass is 16.5. The highest BCUT2D eigenvalue weighted by molar-refractivity contribution is 5.97. The number of aryl methyl sites for hydroxylation is 1. The Kier molecular flexibility index (Phi) is 3.34. The Morgan fingerprint density at radius 2 is 2.35 bits per heavy atom. The third-order valence-electron chi connectivity index (χ3n) is 4.20. The normalized spacial score (nSPS) is 20.9. The minimum Gasteiger partial charge on any atom is -0.368 e. The van der Waals surface area contributed by atoms with Crippen molar-refractivity contribution in [3.05, 3.63) is 48.3 Å². The number of fused-ring (bicyclic) bond motifs is 1. The zero-order valence-electron chi connectivity index (χ0n) is 12.7. The highest BCUT2D eigenvalue weighted by Crippen LogP contribution is 2.28. The number of amides is 1. The van der Waals surface area contributed by atoms with E-state index in [1.54, 1.807) is 18.6 Å². The van der Waals surface area contributed by atoms with E-state index in [9.17, 15) is 4.79 Å². The Labute approximate surface area is 132 Å². The van der Waals surface area contributed by atoms with Gasteiger partial charge in [0.1, 0.15) is 11.9 Å². The van der Waals surface area contributed by atoms with Gasteiger partial charge in [-0.05, 0) is 24.6 Å². The van der Waals surface area contributed by atoms with E-state index in [4.69, 9.17) is 4.74 Å². The molecule has 7 heteroatoms. The molecule has 1 fully saturated rings. The third kappa shape index (κ3) is 2.49. The van der Waals surface area contributed by atoms with E-state index in [2.05, 4.69) is 20.3 Å². The van der Waals surface area contributed by atoms with Crippen molar-refractivity contribution >= 4 is 16.9 Å². The van der Waals surface area contributed by atoms with Crippen LogP contribution in [0.4, 0.5) is 0 Å². The van der Waals surface area contributed by atoms with Crippen molar-refractivity contribution in [1.82, 2.24) is 24.8 Å². The Hall–Kier alpha value is -2.67. The number of carbonyl (C=O) groups is 1. The minimum absolute atomic E-state index is 0.0823. The average molecular weight is 311 g/mol. The van der Waals surface area contributed by atoms with Gasteiger partial charge in [0.2, 0.25) is 0 Å². The van der Waals surface area contributed by atoms with Gasteiger partial charge in [0, 0.05) is 31.6 Å². The number of nitrogens with zero attached hydrogens (tertiary/aromatic N) is 3. The number of nitrogens with one attached hydrogen (secondary N) is 2. The summed E-state index contributed by atoms with van der Waals surface area (Å²) in [4.78, 5) is 24.1. The summed E-state index contributed by atoms with van der Waals surface area (Å²) in [7, 11) is 1.93. The first-order chi connectivity index (χ1) is 11.2. The van der Waals surface area contributed by atoms with Crippen molar-refractivity contribution in [3.8, 4) is 0 Å². The van der Waals surface area contributed by atoms with E-state index >= 15 is 0 Å². The van der Waals surface area contributed by atoms with Gasteiger partial charge in [0.15, 0.2) is 0 Å². The predicted molar refractivity (Wildman–Crippen MR) is 83.9 cm³/mol. The summed E-state index contributed by atoms with van der Waals surface area (Å²) < 4.78 is 7.69. The SMILES string of the molecule is Cn1ccnc1[C@H]1OCC[C@@H]1NC(=O)c1ccc2nc[nH]c2c1. The van der Waals surface area contributed by atoms with E-state index in [1.165, 1.54) is 0 Å². The zero-order valence-corrected chi connectivity index (χ0v) is 12.7.